The maximum absolute atomic E-state index is 11.3. The van der Waals surface area contributed by atoms with E-state index in [2.05, 4.69) is 22.4 Å². The lowest BCUT2D eigenvalue weighted by molar-refractivity contribution is 0.225. The summed E-state index contributed by atoms with van der Waals surface area (Å²) in [4.78, 5) is 11.3. The molecule has 2 N–H and O–H groups in total. The third-order valence-electron chi connectivity index (χ3n) is 2.81. The van der Waals surface area contributed by atoms with Gasteiger partial charge in [-0.3, -0.25) is 4.57 Å². The number of hydrogen-bond donors (Lipinski definition) is 2. The van der Waals surface area contributed by atoms with Crippen molar-refractivity contribution >= 4 is 0 Å². The quantitative estimate of drug-likeness (QED) is 0.625. The van der Waals surface area contributed by atoms with Gasteiger partial charge in [-0.2, -0.15) is 5.10 Å². The third kappa shape index (κ3) is 1.39. The minimum Gasteiger partial charge on any atom is -0.317 e. The van der Waals surface area contributed by atoms with Gasteiger partial charge in [0.1, 0.15) is 6.33 Å². The highest BCUT2D eigenvalue weighted by molar-refractivity contribution is 4.88. The minimum absolute atomic E-state index is 0.0602. The van der Waals surface area contributed by atoms with Gasteiger partial charge in [-0.15, -0.1) is 0 Å². The van der Waals surface area contributed by atoms with Gasteiger partial charge in [0.2, 0.25) is 0 Å². The summed E-state index contributed by atoms with van der Waals surface area (Å²) in [6.07, 6.45) is 3.55. The van der Waals surface area contributed by atoms with E-state index in [4.69, 9.17) is 0 Å². The van der Waals surface area contributed by atoms with Crippen LogP contribution in [0.5, 0.6) is 0 Å². The van der Waals surface area contributed by atoms with E-state index >= 15 is 0 Å². The largest absolute Gasteiger partial charge is 0.343 e. The highest BCUT2D eigenvalue weighted by atomic mass is 16.1. The summed E-state index contributed by atoms with van der Waals surface area (Å²) in [5.74, 6) is 0. The number of aromatic nitrogens is 3. The summed E-state index contributed by atoms with van der Waals surface area (Å²) in [6, 6.07) is 0. The molecule has 1 aromatic heterocycles. The minimum atomic E-state index is -0.107. The zero-order chi connectivity index (χ0) is 9.31. The summed E-state index contributed by atoms with van der Waals surface area (Å²) in [6.45, 7) is 4.03. The maximum Gasteiger partial charge on any atom is 0.343 e. The van der Waals surface area contributed by atoms with E-state index in [1.54, 1.807) is 10.9 Å². The molecule has 1 aliphatic heterocycles. The second kappa shape index (κ2) is 2.99. The number of hydrogen-bond acceptors (Lipinski definition) is 3. The highest BCUT2D eigenvalue weighted by Crippen LogP contribution is 2.24. The van der Waals surface area contributed by atoms with E-state index in [1.807, 2.05) is 0 Å². The monoisotopic (exact) mass is 182 g/mol. The predicted octanol–water partition coefficient (Wildman–Crippen LogP) is -0.330. The first-order valence-electron chi connectivity index (χ1n) is 4.56. The zero-order valence-electron chi connectivity index (χ0n) is 7.71. The Bertz CT molecular complexity index is 334. The van der Waals surface area contributed by atoms with Crippen LogP contribution in [0.25, 0.3) is 0 Å². The van der Waals surface area contributed by atoms with Gasteiger partial charge in [0, 0.05) is 0 Å². The van der Waals surface area contributed by atoms with Crippen molar-refractivity contribution < 1.29 is 0 Å². The molecule has 0 saturated carbocycles. The van der Waals surface area contributed by atoms with Crippen LogP contribution in [0.15, 0.2) is 11.1 Å². The lowest BCUT2D eigenvalue weighted by Gasteiger charge is -2.34. The molecule has 5 nitrogen and oxygen atoms in total. The fourth-order valence-electron chi connectivity index (χ4n) is 1.84. The molecule has 13 heavy (non-hydrogen) atoms. The van der Waals surface area contributed by atoms with Crippen molar-refractivity contribution in [1.29, 1.82) is 0 Å². The Morgan fingerprint density at radius 2 is 2.23 bits per heavy atom. The van der Waals surface area contributed by atoms with Gasteiger partial charge in [0.05, 0.1) is 5.54 Å². The Balaban J connectivity index is 2.33. The first-order chi connectivity index (χ1) is 6.22. The maximum atomic E-state index is 11.3. The fraction of sp³-hybridized carbons (Fsp3) is 0.750. The fourth-order valence-corrected chi connectivity index (χ4v) is 1.84. The molecule has 0 aliphatic carbocycles. The number of aromatic amines is 1. The molecule has 5 heteroatoms. The summed E-state index contributed by atoms with van der Waals surface area (Å²) in [5, 5.41) is 9.45. The van der Waals surface area contributed by atoms with Gasteiger partial charge in [-0.1, -0.05) is 0 Å². The number of rotatable bonds is 1. The van der Waals surface area contributed by atoms with Crippen LogP contribution in [0.4, 0.5) is 0 Å². The van der Waals surface area contributed by atoms with Crippen molar-refractivity contribution in [2.75, 3.05) is 13.1 Å². The van der Waals surface area contributed by atoms with E-state index in [0.29, 0.717) is 0 Å². The van der Waals surface area contributed by atoms with Crippen molar-refractivity contribution in [3.63, 3.8) is 0 Å². The second-order valence-corrected chi connectivity index (χ2v) is 3.78. The first-order valence-corrected chi connectivity index (χ1v) is 4.56. The van der Waals surface area contributed by atoms with Crippen molar-refractivity contribution in [3.8, 4) is 0 Å². The van der Waals surface area contributed by atoms with Crippen LogP contribution in [0.1, 0.15) is 19.8 Å². The van der Waals surface area contributed by atoms with Gasteiger partial charge >= 0.3 is 5.69 Å². The molecule has 2 heterocycles. The molecule has 0 bridgehead atoms. The molecule has 0 unspecified atom stereocenters. The molecule has 0 atom stereocenters. The van der Waals surface area contributed by atoms with Crippen LogP contribution >= 0.6 is 0 Å². The topological polar surface area (TPSA) is 62.7 Å². The lowest BCUT2D eigenvalue weighted by atomic mass is 9.90. The van der Waals surface area contributed by atoms with Crippen LogP contribution in [0.3, 0.4) is 0 Å². The van der Waals surface area contributed by atoms with Gasteiger partial charge in [0.15, 0.2) is 0 Å². The van der Waals surface area contributed by atoms with Gasteiger partial charge in [-0.05, 0) is 32.9 Å². The molecule has 0 aromatic carbocycles. The summed E-state index contributed by atoms with van der Waals surface area (Å²) in [7, 11) is 0. The second-order valence-electron chi connectivity index (χ2n) is 3.78. The van der Waals surface area contributed by atoms with E-state index in [0.717, 1.165) is 25.9 Å². The van der Waals surface area contributed by atoms with Crippen LogP contribution in [0.2, 0.25) is 0 Å². The molecule has 1 aromatic rings. The van der Waals surface area contributed by atoms with E-state index in [9.17, 15) is 4.79 Å². The Morgan fingerprint density at radius 1 is 1.54 bits per heavy atom. The molecule has 0 amide bonds. The Hall–Kier alpha value is -1.10. The summed E-state index contributed by atoms with van der Waals surface area (Å²) in [5.41, 5.74) is -0.167. The first kappa shape index (κ1) is 8.50. The van der Waals surface area contributed by atoms with Crippen LogP contribution < -0.4 is 11.0 Å². The summed E-state index contributed by atoms with van der Waals surface area (Å²) < 4.78 is 1.70. The Kier molecular flexibility index (Phi) is 1.95. The lowest BCUT2D eigenvalue weighted by Crippen LogP contribution is -2.45. The molecule has 0 radical (unpaired) electrons. The van der Waals surface area contributed by atoms with E-state index in [-0.39, 0.29) is 11.2 Å². The number of nitrogens with zero attached hydrogens (tertiary/aromatic N) is 2. The van der Waals surface area contributed by atoms with E-state index in [1.165, 1.54) is 0 Å². The molecule has 2 rings (SSSR count). The Morgan fingerprint density at radius 3 is 2.77 bits per heavy atom. The van der Waals surface area contributed by atoms with Crippen molar-refractivity contribution in [2.45, 2.75) is 25.3 Å². The van der Waals surface area contributed by atoms with Gasteiger partial charge < -0.3 is 5.32 Å². The third-order valence-corrected chi connectivity index (χ3v) is 2.81. The van der Waals surface area contributed by atoms with Crippen molar-refractivity contribution in [1.82, 2.24) is 20.1 Å². The van der Waals surface area contributed by atoms with Crippen LogP contribution in [-0.2, 0) is 5.54 Å². The molecule has 1 aliphatic rings. The standard InChI is InChI=1S/C8H14N4O/c1-8(2-4-9-5-3-8)12-6-10-11-7(12)13/h6,9H,2-5H2,1H3,(H,11,13). The molecule has 0 spiro atoms. The van der Waals surface area contributed by atoms with Crippen LogP contribution in [-0.4, -0.2) is 27.9 Å². The van der Waals surface area contributed by atoms with Crippen molar-refractivity contribution in [2.24, 2.45) is 0 Å². The highest BCUT2D eigenvalue weighted by Gasteiger charge is 2.29. The average Bonchev–Trinajstić information content (AvgIpc) is 2.53. The normalized spacial score (nSPS) is 21.6. The van der Waals surface area contributed by atoms with Gasteiger partial charge in [-0.25, -0.2) is 9.89 Å². The predicted molar refractivity (Wildman–Crippen MR) is 48.6 cm³/mol. The average molecular weight is 182 g/mol. The molecular formula is C8H14N4O. The summed E-state index contributed by atoms with van der Waals surface area (Å²) >= 11 is 0. The molecule has 1 saturated heterocycles. The van der Waals surface area contributed by atoms with Crippen molar-refractivity contribution in [3.05, 3.63) is 16.8 Å². The number of piperidine rings is 1. The zero-order valence-corrected chi connectivity index (χ0v) is 7.71. The number of nitrogens with one attached hydrogen (secondary N) is 2. The van der Waals surface area contributed by atoms with Gasteiger partial charge in [0.25, 0.3) is 0 Å². The SMILES string of the molecule is CC1(n2cn[nH]c2=O)CCNCC1. The van der Waals surface area contributed by atoms with Crippen LogP contribution in [0, 0.1) is 0 Å². The van der Waals surface area contributed by atoms with E-state index < -0.39 is 0 Å². The Labute approximate surface area is 76.2 Å². The molecule has 1 fully saturated rings. The molecular weight excluding hydrogens is 168 g/mol. The number of H-pyrrole nitrogens is 1. The molecule has 72 valence electrons. The smallest absolute Gasteiger partial charge is 0.317 e.